The highest BCUT2D eigenvalue weighted by molar-refractivity contribution is 5.90. The van der Waals surface area contributed by atoms with E-state index >= 15 is 0 Å². The van der Waals surface area contributed by atoms with E-state index < -0.39 is 0 Å². The lowest BCUT2D eigenvalue weighted by Crippen LogP contribution is -2.14. The third-order valence-electron chi connectivity index (χ3n) is 4.12. The average Bonchev–Trinajstić information content (AvgIpc) is 2.46. The summed E-state index contributed by atoms with van der Waals surface area (Å²) in [7, 11) is 0. The summed E-state index contributed by atoms with van der Waals surface area (Å²) in [5, 5.41) is 3.02. The van der Waals surface area contributed by atoms with Crippen molar-refractivity contribution in [2.24, 2.45) is 5.92 Å². The minimum Gasteiger partial charge on any atom is -0.326 e. The summed E-state index contributed by atoms with van der Waals surface area (Å²) in [6.45, 7) is 2.13. The van der Waals surface area contributed by atoms with Gasteiger partial charge < -0.3 is 5.32 Å². The van der Waals surface area contributed by atoms with Gasteiger partial charge in [0.05, 0.1) is 0 Å². The van der Waals surface area contributed by atoms with Gasteiger partial charge in [-0.1, -0.05) is 51.2 Å². The molecule has 1 saturated carbocycles. The van der Waals surface area contributed by atoms with Crippen LogP contribution in [0.1, 0.15) is 57.4 Å². The van der Waals surface area contributed by atoms with Gasteiger partial charge in [-0.2, -0.15) is 0 Å². The average molecular weight is 259 g/mol. The molecule has 0 aromatic heterocycles. The fourth-order valence-electron chi connectivity index (χ4n) is 2.90. The molecule has 2 heteroatoms. The maximum Gasteiger partial charge on any atom is 0.224 e. The molecule has 1 aliphatic carbocycles. The van der Waals surface area contributed by atoms with Crippen molar-refractivity contribution < 1.29 is 4.79 Å². The van der Waals surface area contributed by atoms with Crippen molar-refractivity contribution >= 4 is 11.6 Å². The first-order valence-electron chi connectivity index (χ1n) is 7.66. The smallest absolute Gasteiger partial charge is 0.224 e. The van der Waals surface area contributed by atoms with Crippen LogP contribution in [0.25, 0.3) is 0 Å². The molecule has 1 fully saturated rings. The fourth-order valence-corrected chi connectivity index (χ4v) is 2.90. The van der Waals surface area contributed by atoms with Gasteiger partial charge in [-0.15, -0.1) is 0 Å². The van der Waals surface area contributed by atoms with Gasteiger partial charge >= 0.3 is 0 Å². The van der Waals surface area contributed by atoms with Crippen LogP contribution in [-0.4, -0.2) is 5.91 Å². The Balaban J connectivity index is 1.76. The number of aryl methyl sites for hydroxylation is 1. The van der Waals surface area contributed by atoms with Crippen LogP contribution in [0.4, 0.5) is 5.69 Å². The van der Waals surface area contributed by atoms with Crippen LogP contribution in [-0.2, 0) is 11.2 Å². The zero-order chi connectivity index (χ0) is 13.5. The van der Waals surface area contributed by atoms with Gasteiger partial charge in [0, 0.05) is 12.1 Å². The van der Waals surface area contributed by atoms with E-state index in [2.05, 4.69) is 24.4 Å². The minimum absolute atomic E-state index is 0.166. The van der Waals surface area contributed by atoms with E-state index in [4.69, 9.17) is 0 Å². The van der Waals surface area contributed by atoms with Gasteiger partial charge in [0.2, 0.25) is 5.91 Å². The maximum absolute atomic E-state index is 11.9. The summed E-state index contributed by atoms with van der Waals surface area (Å²) in [5.41, 5.74) is 2.21. The summed E-state index contributed by atoms with van der Waals surface area (Å²) < 4.78 is 0. The molecule has 1 aromatic rings. The fraction of sp³-hybridized carbons (Fsp3) is 0.588. The standard InChI is InChI=1S/C17H25NO/c1-2-14-9-6-10-16(13-14)18-17(19)12-11-15-7-4-3-5-8-15/h6,9-10,13,15H,2-5,7-8,11-12H2,1H3,(H,18,19). The van der Waals surface area contributed by atoms with E-state index in [0.717, 1.165) is 24.4 Å². The highest BCUT2D eigenvalue weighted by atomic mass is 16.1. The number of rotatable bonds is 5. The van der Waals surface area contributed by atoms with Crippen molar-refractivity contribution in [1.29, 1.82) is 0 Å². The second kappa shape index (κ2) is 7.32. The number of amides is 1. The third kappa shape index (κ3) is 4.70. The molecule has 1 aliphatic rings. The molecule has 0 saturated heterocycles. The first-order chi connectivity index (χ1) is 9.28. The van der Waals surface area contributed by atoms with E-state index in [1.807, 2.05) is 12.1 Å². The molecule has 0 spiro atoms. The lowest BCUT2D eigenvalue weighted by atomic mass is 9.86. The van der Waals surface area contributed by atoms with Crippen molar-refractivity contribution in [2.45, 2.75) is 58.3 Å². The molecule has 2 rings (SSSR count). The monoisotopic (exact) mass is 259 g/mol. The number of hydrogen-bond acceptors (Lipinski definition) is 1. The minimum atomic E-state index is 0.166. The quantitative estimate of drug-likeness (QED) is 0.826. The Morgan fingerprint density at radius 2 is 2.05 bits per heavy atom. The Bertz CT molecular complexity index is 407. The van der Waals surface area contributed by atoms with Gasteiger partial charge in [-0.05, 0) is 36.5 Å². The van der Waals surface area contributed by atoms with E-state index in [1.165, 1.54) is 37.7 Å². The highest BCUT2D eigenvalue weighted by Gasteiger charge is 2.14. The predicted molar refractivity (Wildman–Crippen MR) is 80.3 cm³/mol. The number of carbonyl (C=O) groups excluding carboxylic acids is 1. The molecule has 0 bridgehead atoms. The molecule has 19 heavy (non-hydrogen) atoms. The SMILES string of the molecule is CCc1cccc(NC(=O)CCC2CCCCC2)c1. The number of nitrogens with one attached hydrogen (secondary N) is 1. The molecule has 0 atom stereocenters. The first kappa shape index (κ1) is 14.1. The van der Waals surface area contributed by atoms with Crippen molar-refractivity contribution in [2.75, 3.05) is 5.32 Å². The lowest BCUT2D eigenvalue weighted by Gasteiger charge is -2.21. The van der Waals surface area contributed by atoms with Crippen LogP contribution in [0.5, 0.6) is 0 Å². The summed E-state index contributed by atoms with van der Waals surface area (Å²) in [6.07, 6.45) is 9.45. The van der Waals surface area contributed by atoms with Crippen molar-refractivity contribution in [3.8, 4) is 0 Å². The van der Waals surface area contributed by atoms with Crippen molar-refractivity contribution in [1.82, 2.24) is 0 Å². The van der Waals surface area contributed by atoms with Crippen LogP contribution in [0, 0.1) is 5.92 Å². The molecular weight excluding hydrogens is 234 g/mol. The third-order valence-corrected chi connectivity index (χ3v) is 4.12. The van der Waals surface area contributed by atoms with Crippen molar-refractivity contribution in [3.63, 3.8) is 0 Å². The molecule has 0 radical (unpaired) electrons. The molecule has 1 aromatic carbocycles. The Hall–Kier alpha value is -1.31. The van der Waals surface area contributed by atoms with E-state index in [1.54, 1.807) is 0 Å². The largest absolute Gasteiger partial charge is 0.326 e. The predicted octanol–water partition coefficient (Wildman–Crippen LogP) is 4.55. The number of hydrogen-bond donors (Lipinski definition) is 1. The summed E-state index contributed by atoms with van der Waals surface area (Å²) in [6, 6.07) is 8.14. The number of anilines is 1. The number of benzene rings is 1. The number of carbonyl (C=O) groups is 1. The zero-order valence-electron chi connectivity index (χ0n) is 12.0. The summed E-state index contributed by atoms with van der Waals surface area (Å²) in [5.74, 6) is 0.945. The maximum atomic E-state index is 11.9. The van der Waals surface area contributed by atoms with Gasteiger partial charge in [-0.3, -0.25) is 4.79 Å². The highest BCUT2D eigenvalue weighted by Crippen LogP contribution is 2.27. The van der Waals surface area contributed by atoms with Crippen LogP contribution < -0.4 is 5.32 Å². The van der Waals surface area contributed by atoms with Crippen LogP contribution >= 0.6 is 0 Å². The Labute approximate surface area is 116 Å². The van der Waals surface area contributed by atoms with Crippen molar-refractivity contribution in [3.05, 3.63) is 29.8 Å². The van der Waals surface area contributed by atoms with Gasteiger partial charge in [0.25, 0.3) is 0 Å². The van der Waals surface area contributed by atoms with Crippen LogP contribution in [0.15, 0.2) is 24.3 Å². The molecule has 104 valence electrons. The van der Waals surface area contributed by atoms with Crippen LogP contribution in [0.2, 0.25) is 0 Å². The molecule has 0 heterocycles. The van der Waals surface area contributed by atoms with E-state index in [0.29, 0.717) is 6.42 Å². The van der Waals surface area contributed by atoms with Gasteiger partial charge in [0.1, 0.15) is 0 Å². The van der Waals surface area contributed by atoms with Crippen LogP contribution in [0.3, 0.4) is 0 Å². The van der Waals surface area contributed by atoms with Gasteiger partial charge in [0.15, 0.2) is 0 Å². The molecule has 0 aliphatic heterocycles. The van der Waals surface area contributed by atoms with E-state index in [9.17, 15) is 4.79 Å². The summed E-state index contributed by atoms with van der Waals surface area (Å²) in [4.78, 5) is 11.9. The second-order valence-electron chi connectivity index (χ2n) is 5.64. The summed E-state index contributed by atoms with van der Waals surface area (Å²) >= 11 is 0. The molecule has 2 nitrogen and oxygen atoms in total. The zero-order valence-corrected chi connectivity index (χ0v) is 12.0. The first-order valence-corrected chi connectivity index (χ1v) is 7.66. The molecular formula is C17H25NO. The Morgan fingerprint density at radius 3 is 2.79 bits per heavy atom. The van der Waals surface area contributed by atoms with Gasteiger partial charge in [-0.25, -0.2) is 0 Å². The Morgan fingerprint density at radius 1 is 1.26 bits per heavy atom. The molecule has 1 N–H and O–H groups in total. The topological polar surface area (TPSA) is 29.1 Å². The van der Waals surface area contributed by atoms with E-state index in [-0.39, 0.29) is 5.91 Å². The lowest BCUT2D eigenvalue weighted by molar-refractivity contribution is -0.116. The Kier molecular flexibility index (Phi) is 5.44. The molecule has 1 amide bonds. The molecule has 0 unspecified atom stereocenters. The normalized spacial score (nSPS) is 16.3. The second-order valence-corrected chi connectivity index (χ2v) is 5.64.